The second-order valence-corrected chi connectivity index (χ2v) is 10.5. The van der Waals surface area contributed by atoms with Crippen LogP contribution in [0.1, 0.15) is 31.8 Å². The highest BCUT2D eigenvalue weighted by Gasteiger charge is 2.16. The molecular weight excluding hydrogens is 564 g/mol. The molecular formula is C28H29ClN8O3S. The first-order valence-electron chi connectivity index (χ1n) is 12.5. The number of hydrogen-bond acceptors (Lipinski definition) is 9. The molecule has 1 heterocycles. The van der Waals surface area contributed by atoms with Crippen molar-refractivity contribution < 1.29 is 14.3 Å². The van der Waals surface area contributed by atoms with E-state index in [0.717, 1.165) is 17.7 Å². The van der Waals surface area contributed by atoms with Crippen LogP contribution >= 0.6 is 23.4 Å². The average molecular weight is 593 g/mol. The van der Waals surface area contributed by atoms with Crippen LogP contribution in [0.15, 0.2) is 77.0 Å². The molecule has 2 N–H and O–H groups in total. The van der Waals surface area contributed by atoms with Crippen LogP contribution in [0.2, 0.25) is 5.02 Å². The molecule has 4 rings (SSSR count). The van der Waals surface area contributed by atoms with Crippen LogP contribution in [-0.2, 0) is 12.3 Å². The van der Waals surface area contributed by atoms with Crippen molar-refractivity contribution in [3.05, 3.63) is 94.0 Å². The molecule has 0 aliphatic carbocycles. The Bertz CT molecular complexity index is 1540. The summed E-state index contributed by atoms with van der Waals surface area (Å²) in [5.41, 5.74) is 5.05. The highest BCUT2D eigenvalue weighted by Crippen LogP contribution is 2.23. The molecule has 0 saturated carbocycles. The number of benzene rings is 3. The Balaban J connectivity index is 1.41. The van der Waals surface area contributed by atoms with Crippen molar-refractivity contribution >= 4 is 47.1 Å². The summed E-state index contributed by atoms with van der Waals surface area (Å²) < 4.78 is 6.96. The summed E-state index contributed by atoms with van der Waals surface area (Å²) in [6.45, 7) is 1.49. The van der Waals surface area contributed by atoms with Gasteiger partial charge < -0.3 is 15.0 Å². The fraction of sp³-hybridized carbons (Fsp3) is 0.214. The number of hydrazone groups is 1. The number of carbonyl (C=O) groups excluding carboxylic acids is 2. The van der Waals surface area contributed by atoms with Gasteiger partial charge in [-0.3, -0.25) is 9.59 Å². The Morgan fingerprint density at radius 3 is 2.73 bits per heavy atom. The zero-order valence-corrected chi connectivity index (χ0v) is 24.3. The fourth-order valence-electron chi connectivity index (χ4n) is 3.64. The molecule has 41 heavy (non-hydrogen) atoms. The number of halogens is 1. The van der Waals surface area contributed by atoms with Crippen molar-refractivity contribution in [3.63, 3.8) is 0 Å². The second-order valence-electron chi connectivity index (χ2n) is 9.10. The van der Waals surface area contributed by atoms with E-state index in [1.807, 2.05) is 44.4 Å². The molecule has 3 aromatic carbocycles. The Morgan fingerprint density at radius 1 is 1.10 bits per heavy atom. The van der Waals surface area contributed by atoms with E-state index in [1.165, 1.54) is 24.0 Å². The quantitative estimate of drug-likeness (QED) is 0.142. The summed E-state index contributed by atoms with van der Waals surface area (Å²) in [5.74, 6) is 0.342. The van der Waals surface area contributed by atoms with E-state index in [4.69, 9.17) is 16.3 Å². The number of nitrogens with zero attached hydrogens (tertiary/aromatic N) is 6. The van der Waals surface area contributed by atoms with Crippen LogP contribution < -0.4 is 15.5 Å². The van der Waals surface area contributed by atoms with Gasteiger partial charge in [-0.05, 0) is 78.1 Å². The highest BCUT2D eigenvalue weighted by molar-refractivity contribution is 7.98. The minimum atomic E-state index is -0.529. The summed E-state index contributed by atoms with van der Waals surface area (Å²) >= 11 is 7.64. The van der Waals surface area contributed by atoms with E-state index >= 15 is 0 Å². The molecule has 0 atom stereocenters. The molecule has 212 valence electrons. The lowest BCUT2D eigenvalue weighted by Gasteiger charge is -2.12. The number of carbonyl (C=O) groups is 2. The SMILES string of the molecule is COc1cccc(/C=N/NC(=O)c2cc(Cl)ccc2NC(=O)c2cccc(CSc3nnnn3CCN(C)C)c2)c1. The maximum atomic E-state index is 13.2. The van der Waals surface area contributed by atoms with E-state index in [-0.39, 0.29) is 11.5 Å². The highest BCUT2D eigenvalue weighted by atomic mass is 35.5. The van der Waals surface area contributed by atoms with Crippen molar-refractivity contribution in [2.24, 2.45) is 5.10 Å². The number of thioether (sulfide) groups is 1. The summed E-state index contributed by atoms with van der Waals surface area (Å²) in [6, 6.07) is 19.1. The van der Waals surface area contributed by atoms with Gasteiger partial charge in [-0.2, -0.15) is 5.10 Å². The van der Waals surface area contributed by atoms with Gasteiger partial charge in [-0.25, -0.2) is 10.1 Å². The van der Waals surface area contributed by atoms with Gasteiger partial charge in [-0.15, -0.1) is 5.10 Å². The van der Waals surface area contributed by atoms with Crippen molar-refractivity contribution in [1.82, 2.24) is 30.5 Å². The topological polar surface area (TPSA) is 127 Å². The van der Waals surface area contributed by atoms with Gasteiger partial charge in [-0.1, -0.05) is 47.6 Å². The van der Waals surface area contributed by atoms with Gasteiger partial charge in [0.1, 0.15) is 5.75 Å². The Kier molecular flexibility index (Phi) is 10.4. The van der Waals surface area contributed by atoms with Crippen molar-refractivity contribution in [2.75, 3.05) is 33.1 Å². The fourth-order valence-corrected chi connectivity index (χ4v) is 4.66. The smallest absolute Gasteiger partial charge is 0.273 e. The van der Waals surface area contributed by atoms with Gasteiger partial charge >= 0.3 is 0 Å². The maximum absolute atomic E-state index is 13.2. The third-order valence-electron chi connectivity index (χ3n) is 5.76. The van der Waals surface area contributed by atoms with Gasteiger partial charge in [0.2, 0.25) is 5.16 Å². The molecule has 13 heteroatoms. The zero-order chi connectivity index (χ0) is 29.2. The molecule has 0 aliphatic rings. The summed E-state index contributed by atoms with van der Waals surface area (Å²) in [6.07, 6.45) is 1.49. The number of anilines is 1. The lowest BCUT2D eigenvalue weighted by Crippen LogP contribution is -2.21. The molecule has 1 aromatic heterocycles. The summed E-state index contributed by atoms with van der Waals surface area (Å²) in [5, 5.41) is 19.8. The number of aromatic nitrogens is 4. The predicted molar refractivity (Wildman–Crippen MR) is 160 cm³/mol. The molecule has 4 aromatic rings. The number of ether oxygens (including phenoxy) is 1. The van der Waals surface area contributed by atoms with Crippen molar-refractivity contribution in [2.45, 2.75) is 17.5 Å². The van der Waals surface area contributed by atoms with E-state index in [2.05, 4.69) is 36.3 Å². The summed E-state index contributed by atoms with van der Waals surface area (Å²) in [7, 11) is 5.55. The molecule has 0 radical (unpaired) electrons. The molecule has 11 nitrogen and oxygen atoms in total. The number of methoxy groups -OCH3 is 1. The van der Waals surface area contributed by atoms with Crippen molar-refractivity contribution in [1.29, 1.82) is 0 Å². The van der Waals surface area contributed by atoms with Crippen LogP contribution in [0.3, 0.4) is 0 Å². The Labute approximate surface area is 246 Å². The first kappa shape index (κ1) is 29.7. The molecule has 2 amide bonds. The normalized spacial score (nSPS) is 11.1. The third-order valence-corrected chi connectivity index (χ3v) is 7.03. The number of amides is 2. The van der Waals surface area contributed by atoms with E-state index in [1.54, 1.807) is 42.1 Å². The standard InChI is InChI=1S/C28H29ClN8O3S/c1-36(2)12-13-37-28(33-34-35-37)41-18-20-7-4-8-21(14-20)26(38)31-25-11-10-22(29)16-24(25)27(39)32-30-17-19-6-5-9-23(15-19)40-3/h4-11,14-17H,12-13,18H2,1-3H3,(H,31,38)(H,32,39)/b30-17+. The first-order chi connectivity index (χ1) is 19.8. The van der Waals surface area contributed by atoms with Crippen LogP contribution in [0, 0.1) is 0 Å². The molecule has 0 saturated heterocycles. The summed E-state index contributed by atoms with van der Waals surface area (Å²) in [4.78, 5) is 28.1. The molecule has 0 bridgehead atoms. The number of likely N-dealkylation sites (N-methyl/N-ethyl adjacent to an activating group) is 1. The minimum absolute atomic E-state index is 0.171. The predicted octanol–water partition coefficient (Wildman–Crippen LogP) is 4.21. The van der Waals surface area contributed by atoms with Gasteiger partial charge in [0.15, 0.2) is 0 Å². The van der Waals surface area contributed by atoms with Crippen molar-refractivity contribution in [3.8, 4) is 5.75 Å². The van der Waals surface area contributed by atoms with E-state index < -0.39 is 5.91 Å². The van der Waals surface area contributed by atoms with E-state index in [0.29, 0.717) is 39.5 Å². The number of rotatable bonds is 12. The third kappa shape index (κ3) is 8.61. The maximum Gasteiger partial charge on any atom is 0.273 e. The van der Waals surface area contributed by atoms with E-state index in [9.17, 15) is 9.59 Å². The Hall–Kier alpha value is -4.26. The zero-order valence-electron chi connectivity index (χ0n) is 22.7. The number of nitrogens with one attached hydrogen (secondary N) is 2. The van der Waals surface area contributed by atoms with Gasteiger partial charge in [0, 0.05) is 22.9 Å². The molecule has 0 aliphatic heterocycles. The molecule has 0 unspecified atom stereocenters. The monoisotopic (exact) mass is 592 g/mol. The van der Waals surface area contributed by atoms with Gasteiger partial charge in [0.05, 0.1) is 31.1 Å². The first-order valence-corrected chi connectivity index (χ1v) is 13.9. The van der Waals surface area contributed by atoms with Crippen LogP contribution in [0.5, 0.6) is 5.75 Å². The minimum Gasteiger partial charge on any atom is -0.497 e. The average Bonchev–Trinajstić information content (AvgIpc) is 3.43. The molecule has 0 fully saturated rings. The number of tetrazole rings is 1. The lowest BCUT2D eigenvalue weighted by molar-refractivity contribution is 0.0956. The molecule has 0 spiro atoms. The Morgan fingerprint density at radius 2 is 1.93 bits per heavy atom. The second kappa shape index (κ2) is 14.4. The van der Waals surface area contributed by atoms with Crippen LogP contribution in [0.4, 0.5) is 5.69 Å². The number of hydrogen-bond donors (Lipinski definition) is 2. The largest absolute Gasteiger partial charge is 0.497 e. The lowest BCUT2D eigenvalue weighted by atomic mass is 10.1. The van der Waals surface area contributed by atoms with Crippen LogP contribution in [-0.4, -0.2) is 70.9 Å². The van der Waals surface area contributed by atoms with Gasteiger partial charge in [0.25, 0.3) is 11.8 Å². The van der Waals surface area contributed by atoms with Crippen LogP contribution in [0.25, 0.3) is 0 Å².